The monoisotopic (exact) mass is 482 g/mol. The maximum atomic E-state index is 13.5. The van der Waals surface area contributed by atoms with Crippen molar-refractivity contribution >= 4 is 51.4 Å². The fourth-order valence-electron chi connectivity index (χ4n) is 4.51. The number of hydrogen-bond donors (Lipinski definition) is 2. The number of anilines is 2. The van der Waals surface area contributed by atoms with Crippen molar-refractivity contribution in [3.63, 3.8) is 0 Å². The first-order chi connectivity index (χ1) is 17.0. The first kappa shape index (κ1) is 22.8. The van der Waals surface area contributed by atoms with E-state index in [0.29, 0.717) is 29.5 Å². The molecule has 35 heavy (non-hydrogen) atoms. The fraction of sp³-hybridized carbons (Fsp3) is 0.179. The van der Waals surface area contributed by atoms with Crippen LogP contribution in [0.15, 0.2) is 85.1 Å². The molecule has 2 amide bonds. The molecule has 1 fully saturated rings. The molecule has 0 aliphatic carbocycles. The van der Waals surface area contributed by atoms with Crippen LogP contribution in [-0.4, -0.2) is 39.4 Å². The number of amides is 2. The lowest BCUT2D eigenvalue weighted by molar-refractivity contribution is -0.124. The van der Waals surface area contributed by atoms with Crippen molar-refractivity contribution in [1.29, 1.82) is 0 Å². The number of benzene rings is 3. The topological polar surface area (TPSA) is 68.4 Å². The summed E-state index contributed by atoms with van der Waals surface area (Å²) in [5.41, 5.74) is 4.75. The second kappa shape index (κ2) is 9.72. The van der Waals surface area contributed by atoms with E-state index < -0.39 is 6.04 Å². The Morgan fingerprint density at radius 1 is 1.00 bits per heavy atom. The summed E-state index contributed by atoms with van der Waals surface area (Å²) in [7, 11) is 0. The highest BCUT2D eigenvalue weighted by atomic mass is 32.1. The molecule has 7 heteroatoms. The van der Waals surface area contributed by atoms with Gasteiger partial charge >= 0.3 is 0 Å². The van der Waals surface area contributed by atoms with Crippen LogP contribution in [0.1, 0.15) is 17.5 Å². The van der Waals surface area contributed by atoms with Crippen molar-refractivity contribution in [1.82, 2.24) is 9.88 Å². The zero-order valence-electron chi connectivity index (χ0n) is 19.4. The van der Waals surface area contributed by atoms with Gasteiger partial charge in [-0.3, -0.25) is 14.5 Å². The Kier molecular flexibility index (Phi) is 6.33. The Balaban J connectivity index is 1.38. The summed E-state index contributed by atoms with van der Waals surface area (Å²) in [5, 5.41) is 4.49. The van der Waals surface area contributed by atoms with Gasteiger partial charge in [0.2, 0.25) is 5.91 Å². The molecule has 0 bridgehead atoms. The molecule has 1 aliphatic heterocycles. The lowest BCUT2D eigenvalue weighted by Crippen LogP contribution is -2.39. The van der Waals surface area contributed by atoms with Crippen molar-refractivity contribution in [2.75, 3.05) is 16.8 Å². The van der Waals surface area contributed by atoms with Crippen LogP contribution in [0.3, 0.4) is 0 Å². The van der Waals surface area contributed by atoms with E-state index in [0.717, 1.165) is 22.0 Å². The Hall–Kier alpha value is -3.97. The number of H-pyrrole nitrogens is 1. The Labute approximate surface area is 209 Å². The third-order valence-electron chi connectivity index (χ3n) is 6.34. The van der Waals surface area contributed by atoms with E-state index in [-0.39, 0.29) is 18.2 Å². The van der Waals surface area contributed by atoms with Gasteiger partial charge in [-0.25, -0.2) is 0 Å². The van der Waals surface area contributed by atoms with Crippen LogP contribution in [0.5, 0.6) is 0 Å². The van der Waals surface area contributed by atoms with E-state index in [1.807, 2.05) is 90.8 Å². The molecule has 5 rings (SSSR count). The van der Waals surface area contributed by atoms with Crippen molar-refractivity contribution in [3.05, 3.63) is 96.2 Å². The van der Waals surface area contributed by atoms with Crippen LogP contribution in [0.4, 0.5) is 11.4 Å². The van der Waals surface area contributed by atoms with Gasteiger partial charge in [-0.2, -0.15) is 0 Å². The smallest absolute Gasteiger partial charge is 0.256 e. The van der Waals surface area contributed by atoms with Crippen LogP contribution >= 0.6 is 12.2 Å². The van der Waals surface area contributed by atoms with Gasteiger partial charge in [0.25, 0.3) is 5.91 Å². The number of para-hydroxylation sites is 2. The molecular weight excluding hydrogens is 456 g/mol. The third-order valence-corrected chi connectivity index (χ3v) is 6.76. The Morgan fingerprint density at radius 2 is 1.71 bits per heavy atom. The largest absolute Gasteiger partial charge is 0.361 e. The first-order valence-electron chi connectivity index (χ1n) is 11.6. The summed E-state index contributed by atoms with van der Waals surface area (Å²) in [6, 6.07) is 24.4. The molecule has 2 N–H and O–H groups in total. The summed E-state index contributed by atoms with van der Waals surface area (Å²) in [5.74, 6) is -0.402. The van der Waals surface area contributed by atoms with Crippen LogP contribution in [0.25, 0.3) is 10.9 Å². The average Bonchev–Trinajstić information content (AvgIpc) is 3.38. The number of nitrogens with one attached hydrogen (secondary N) is 2. The average molecular weight is 483 g/mol. The highest BCUT2D eigenvalue weighted by Gasteiger charge is 2.43. The van der Waals surface area contributed by atoms with E-state index in [4.69, 9.17) is 12.2 Å². The van der Waals surface area contributed by atoms with Crippen molar-refractivity contribution in [2.24, 2.45) is 0 Å². The predicted octanol–water partition coefficient (Wildman–Crippen LogP) is 5.05. The lowest BCUT2D eigenvalue weighted by Gasteiger charge is -2.24. The number of nitrogens with zero attached hydrogens (tertiary/aromatic N) is 2. The van der Waals surface area contributed by atoms with Crippen molar-refractivity contribution < 1.29 is 9.59 Å². The molecule has 0 spiro atoms. The number of hydrogen-bond acceptors (Lipinski definition) is 3. The molecule has 1 aliphatic rings. The second-order valence-corrected chi connectivity index (χ2v) is 9.09. The highest BCUT2D eigenvalue weighted by Crippen LogP contribution is 2.28. The molecule has 0 unspecified atom stereocenters. The normalized spacial score (nSPS) is 15.7. The van der Waals surface area contributed by atoms with E-state index >= 15 is 0 Å². The number of carbonyl (C=O) groups excluding carboxylic acids is 2. The molecule has 2 heterocycles. The van der Waals surface area contributed by atoms with E-state index in [9.17, 15) is 9.59 Å². The van der Waals surface area contributed by atoms with Gasteiger partial charge in [0, 0.05) is 29.3 Å². The van der Waals surface area contributed by atoms with Gasteiger partial charge in [0.05, 0.1) is 12.1 Å². The fourth-order valence-corrected chi connectivity index (χ4v) is 4.92. The minimum absolute atomic E-state index is 0.0179. The molecule has 1 aromatic heterocycles. The maximum Gasteiger partial charge on any atom is 0.256 e. The molecule has 176 valence electrons. The molecule has 3 aromatic carbocycles. The minimum Gasteiger partial charge on any atom is -0.361 e. The van der Waals surface area contributed by atoms with E-state index in [2.05, 4.69) is 16.4 Å². The molecule has 0 radical (unpaired) electrons. The van der Waals surface area contributed by atoms with Gasteiger partial charge in [-0.15, -0.1) is 0 Å². The number of carbonyl (C=O) groups is 2. The van der Waals surface area contributed by atoms with Gasteiger partial charge in [0.15, 0.2) is 5.11 Å². The van der Waals surface area contributed by atoms with Gasteiger partial charge in [0.1, 0.15) is 6.04 Å². The molecule has 6 nitrogen and oxygen atoms in total. The van der Waals surface area contributed by atoms with Gasteiger partial charge < -0.3 is 15.2 Å². The summed E-state index contributed by atoms with van der Waals surface area (Å²) < 4.78 is 0. The zero-order valence-corrected chi connectivity index (χ0v) is 20.2. The Morgan fingerprint density at radius 3 is 2.49 bits per heavy atom. The third kappa shape index (κ3) is 4.68. The minimum atomic E-state index is -0.668. The van der Waals surface area contributed by atoms with Gasteiger partial charge in [-0.1, -0.05) is 54.1 Å². The van der Waals surface area contributed by atoms with Crippen LogP contribution in [-0.2, 0) is 16.0 Å². The van der Waals surface area contributed by atoms with Gasteiger partial charge in [-0.05, 0) is 61.5 Å². The van der Waals surface area contributed by atoms with E-state index in [1.165, 1.54) is 0 Å². The standard InChI is InChI=1S/C28H26N4O2S/c1-19-11-13-21(14-12-19)30-26(33)17-25-27(34)32(22-7-3-2-4-8-22)28(35)31(25)16-15-20-18-29-24-10-6-5-9-23(20)24/h2-14,18,25,29H,15-17H2,1H3,(H,30,33)/t25-/m1/s1. The summed E-state index contributed by atoms with van der Waals surface area (Å²) >= 11 is 5.78. The molecule has 1 atom stereocenters. The molecule has 4 aromatic rings. The number of rotatable bonds is 7. The second-order valence-electron chi connectivity index (χ2n) is 8.73. The molecule has 0 saturated carbocycles. The number of aryl methyl sites for hydroxylation is 1. The number of fused-ring (bicyclic) bond motifs is 1. The maximum absolute atomic E-state index is 13.5. The predicted molar refractivity (Wildman–Crippen MR) is 143 cm³/mol. The number of thiocarbonyl (C=S) groups is 1. The molecule has 1 saturated heterocycles. The van der Waals surface area contributed by atoms with Crippen molar-refractivity contribution in [3.8, 4) is 0 Å². The van der Waals surface area contributed by atoms with Crippen LogP contribution < -0.4 is 10.2 Å². The number of aromatic amines is 1. The molecular formula is C28H26N4O2S. The number of aromatic nitrogens is 1. The summed E-state index contributed by atoms with van der Waals surface area (Å²) in [6.45, 7) is 2.52. The summed E-state index contributed by atoms with van der Waals surface area (Å²) in [4.78, 5) is 33.2. The van der Waals surface area contributed by atoms with E-state index in [1.54, 1.807) is 4.90 Å². The van der Waals surface area contributed by atoms with Crippen molar-refractivity contribution in [2.45, 2.75) is 25.8 Å². The zero-order chi connectivity index (χ0) is 24.4. The van der Waals surface area contributed by atoms with Crippen LogP contribution in [0.2, 0.25) is 0 Å². The lowest BCUT2D eigenvalue weighted by atomic mass is 10.1. The summed E-state index contributed by atoms with van der Waals surface area (Å²) in [6.07, 6.45) is 2.71. The SMILES string of the molecule is Cc1ccc(NC(=O)C[C@@H]2C(=O)N(c3ccccc3)C(=S)N2CCc2c[nH]c3ccccc23)cc1. The highest BCUT2D eigenvalue weighted by molar-refractivity contribution is 7.80. The Bertz CT molecular complexity index is 1380. The van der Waals surface area contributed by atoms with Crippen LogP contribution in [0, 0.1) is 6.92 Å². The quantitative estimate of drug-likeness (QED) is 0.362. The first-order valence-corrected chi connectivity index (χ1v) is 12.0.